The fourth-order valence-corrected chi connectivity index (χ4v) is 3.15. The molecule has 3 nitrogen and oxygen atoms in total. The third-order valence-electron chi connectivity index (χ3n) is 4.60. The third kappa shape index (κ3) is 3.29. The van der Waals surface area contributed by atoms with E-state index < -0.39 is 11.7 Å². The van der Waals surface area contributed by atoms with Gasteiger partial charge in [0.1, 0.15) is 11.3 Å². The molecule has 140 valence electrons. The minimum atomic E-state index is -4.36. The first kappa shape index (κ1) is 18.0. The highest BCUT2D eigenvalue weighted by Gasteiger charge is 2.30. The number of benzene rings is 3. The molecule has 28 heavy (non-hydrogen) atoms. The van der Waals surface area contributed by atoms with Crippen LogP contribution < -0.4 is 4.74 Å². The molecule has 0 atom stereocenters. The number of ether oxygens (including phenoxy) is 1. The molecule has 0 saturated heterocycles. The van der Waals surface area contributed by atoms with E-state index in [9.17, 15) is 13.2 Å². The van der Waals surface area contributed by atoms with Crippen LogP contribution in [0.3, 0.4) is 0 Å². The van der Waals surface area contributed by atoms with Crippen LogP contribution in [0.15, 0.2) is 72.9 Å². The van der Waals surface area contributed by atoms with Gasteiger partial charge in [0.25, 0.3) is 0 Å². The summed E-state index contributed by atoms with van der Waals surface area (Å²) >= 11 is 0. The molecule has 0 aliphatic rings. The van der Waals surface area contributed by atoms with Crippen LogP contribution in [-0.4, -0.2) is 17.3 Å². The Hall–Kier alpha value is -3.41. The van der Waals surface area contributed by atoms with Crippen molar-refractivity contribution in [2.24, 2.45) is 0 Å². The summed E-state index contributed by atoms with van der Waals surface area (Å²) in [6, 6.07) is 18.4. The quantitative estimate of drug-likeness (QED) is 0.438. The van der Waals surface area contributed by atoms with Crippen LogP contribution in [0.25, 0.3) is 33.2 Å². The van der Waals surface area contributed by atoms with Gasteiger partial charge in [-0.15, -0.1) is 5.10 Å². The Morgan fingerprint density at radius 2 is 1.43 bits per heavy atom. The Balaban J connectivity index is 1.83. The van der Waals surface area contributed by atoms with Crippen LogP contribution in [0.4, 0.5) is 13.2 Å². The lowest BCUT2D eigenvalue weighted by Gasteiger charge is -2.11. The lowest BCUT2D eigenvalue weighted by atomic mass is 9.97. The van der Waals surface area contributed by atoms with Crippen LogP contribution in [0.2, 0.25) is 0 Å². The number of methoxy groups -OCH3 is 1. The first-order chi connectivity index (χ1) is 13.5. The standard InChI is InChI=1S/C22H15F3N2O/c1-28-17-11-7-14(8-12-17)18-3-2-4-19-20(13-26-27-21(18)19)15-5-9-16(10-6-15)22(23,24)25/h2-13H,1H3. The summed E-state index contributed by atoms with van der Waals surface area (Å²) < 4.78 is 43.7. The van der Waals surface area contributed by atoms with Crippen molar-refractivity contribution in [3.8, 4) is 28.0 Å². The molecular weight excluding hydrogens is 365 g/mol. The van der Waals surface area contributed by atoms with E-state index >= 15 is 0 Å². The Morgan fingerprint density at radius 1 is 0.786 bits per heavy atom. The van der Waals surface area contributed by atoms with Gasteiger partial charge in [-0.3, -0.25) is 0 Å². The van der Waals surface area contributed by atoms with Gasteiger partial charge in [0.05, 0.1) is 18.9 Å². The van der Waals surface area contributed by atoms with E-state index in [1.54, 1.807) is 13.3 Å². The van der Waals surface area contributed by atoms with E-state index in [2.05, 4.69) is 10.2 Å². The van der Waals surface area contributed by atoms with E-state index in [-0.39, 0.29) is 0 Å². The van der Waals surface area contributed by atoms with Crippen molar-refractivity contribution in [1.82, 2.24) is 10.2 Å². The number of halogens is 3. The zero-order valence-electron chi connectivity index (χ0n) is 14.9. The lowest BCUT2D eigenvalue weighted by molar-refractivity contribution is -0.137. The average Bonchev–Trinajstić information content (AvgIpc) is 2.72. The topological polar surface area (TPSA) is 35.0 Å². The Bertz CT molecular complexity index is 1120. The highest BCUT2D eigenvalue weighted by atomic mass is 19.4. The summed E-state index contributed by atoms with van der Waals surface area (Å²) in [6.07, 6.45) is -2.79. The molecule has 1 aromatic heterocycles. The summed E-state index contributed by atoms with van der Waals surface area (Å²) in [6.45, 7) is 0. The molecule has 0 aliphatic carbocycles. The monoisotopic (exact) mass is 380 g/mol. The van der Waals surface area contributed by atoms with Crippen LogP contribution in [-0.2, 0) is 6.18 Å². The summed E-state index contributed by atoms with van der Waals surface area (Å²) in [7, 11) is 1.61. The van der Waals surface area contributed by atoms with Crippen molar-refractivity contribution in [2.45, 2.75) is 6.18 Å². The van der Waals surface area contributed by atoms with Gasteiger partial charge < -0.3 is 4.74 Å². The van der Waals surface area contributed by atoms with Gasteiger partial charge in [-0.1, -0.05) is 42.5 Å². The lowest BCUT2D eigenvalue weighted by Crippen LogP contribution is -2.04. The Morgan fingerprint density at radius 3 is 2.07 bits per heavy atom. The first-order valence-electron chi connectivity index (χ1n) is 8.54. The van der Waals surface area contributed by atoms with Crippen molar-refractivity contribution in [3.63, 3.8) is 0 Å². The van der Waals surface area contributed by atoms with Gasteiger partial charge in [-0.25, -0.2) is 0 Å². The number of nitrogens with zero attached hydrogens (tertiary/aromatic N) is 2. The molecule has 0 fully saturated rings. The molecule has 0 saturated carbocycles. The highest BCUT2D eigenvalue weighted by molar-refractivity contribution is 6.01. The number of hydrogen-bond acceptors (Lipinski definition) is 3. The summed E-state index contributed by atoms with van der Waals surface area (Å²) in [4.78, 5) is 0. The van der Waals surface area contributed by atoms with Crippen LogP contribution in [0.1, 0.15) is 5.56 Å². The maximum absolute atomic E-state index is 12.8. The SMILES string of the molecule is COc1ccc(-c2cccc3c(-c4ccc(C(F)(F)F)cc4)cnnc23)cc1. The fraction of sp³-hybridized carbons (Fsp3) is 0.0909. The minimum absolute atomic E-state index is 0.653. The predicted molar refractivity (Wildman–Crippen MR) is 102 cm³/mol. The molecule has 0 spiro atoms. The van der Waals surface area contributed by atoms with E-state index in [1.165, 1.54) is 12.1 Å². The van der Waals surface area contributed by atoms with Crippen molar-refractivity contribution in [2.75, 3.05) is 7.11 Å². The smallest absolute Gasteiger partial charge is 0.416 e. The fourth-order valence-electron chi connectivity index (χ4n) is 3.15. The van der Waals surface area contributed by atoms with E-state index in [1.807, 2.05) is 42.5 Å². The van der Waals surface area contributed by atoms with Crippen molar-refractivity contribution < 1.29 is 17.9 Å². The minimum Gasteiger partial charge on any atom is -0.497 e. The molecule has 4 aromatic rings. The van der Waals surface area contributed by atoms with Gasteiger partial charge in [0.2, 0.25) is 0 Å². The number of aromatic nitrogens is 2. The number of rotatable bonds is 3. The van der Waals surface area contributed by atoms with Gasteiger partial charge in [0.15, 0.2) is 0 Å². The van der Waals surface area contributed by atoms with Crippen molar-refractivity contribution >= 4 is 10.9 Å². The number of hydrogen-bond donors (Lipinski definition) is 0. The molecule has 0 radical (unpaired) electrons. The molecule has 3 aromatic carbocycles. The molecule has 0 amide bonds. The molecular formula is C22H15F3N2O. The molecule has 6 heteroatoms. The molecule has 1 heterocycles. The third-order valence-corrected chi connectivity index (χ3v) is 4.60. The van der Waals surface area contributed by atoms with Crippen molar-refractivity contribution in [3.05, 3.63) is 78.5 Å². The molecule has 0 unspecified atom stereocenters. The zero-order chi connectivity index (χ0) is 19.7. The summed E-state index contributed by atoms with van der Waals surface area (Å²) in [5.74, 6) is 0.750. The summed E-state index contributed by atoms with van der Waals surface area (Å²) in [5, 5.41) is 9.19. The van der Waals surface area contributed by atoms with E-state index in [0.29, 0.717) is 11.1 Å². The second kappa shape index (κ2) is 6.96. The zero-order valence-corrected chi connectivity index (χ0v) is 14.9. The predicted octanol–water partition coefficient (Wildman–Crippen LogP) is 5.99. The van der Waals surface area contributed by atoms with Gasteiger partial charge in [-0.2, -0.15) is 18.3 Å². The largest absolute Gasteiger partial charge is 0.497 e. The first-order valence-corrected chi connectivity index (χ1v) is 8.54. The Labute approximate surface area is 159 Å². The van der Waals surface area contributed by atoms with Crippen LogP contribution in [0, 0.1) is 0 Å². The van der Waals surface area contributed by atoms with Gasteiger partial charge in [0, 0.05) is 16.5 Å². The number of fused-ring (bicyclic) bond motifs is 1. The second-order valence-electron chi connectivity index (χ2n) is 6.26. The maximum Gasteiger partial charge on any atom is 0.416 e. The van der Waals surface area contributed by atoms with Crippen LogP contribution >= 0.6 is 0 Å². The molecule has 4 rings (SSSR count). The van der Waals surface area contributed by atoms with Gasteiger partial charge >= 0.3 is 6.18 Å². The van der Waals surface area contributed by atoms with Crippen molar-refractivity contribution in [1.29, 1.82) is 0 Å². The molecule has 0 N–H and O–H groups in total. The molecule has 0 aliphatic heterocycles. The van der Waals surface area contributed by atoms with E-state index in [0.717, 1.165) is 40.0 Å². The Kier molecular flexibility index (Phi) is 4.47. The average molecular weight is 380 g/mol. The number of alkyl halides is 3. The van der Waals surface area contributed by atoms with E-state index in [4.69, 9.17) is 4.74 Å². The molecule has 0 bridgehead atoms. The second-order valence-corrected chi connectivity index (χ2v) is 6.26. The summed E-state index contributed by atoms with van der Waals surface area (Å²) in [5.41, 5.74) is 3.23. The van der Waals surface area contributed by atoms with Gasteiger partial charge in [-0.05, 0) is 35.4 Å². The van der Waals surface area contributed by atoms with Crippen LogP contribution in [0.5, 0.6) is 5.75 Å². The maximum atomic E-state index is 12.8. The highest BCUT2D eigenvalue weighted by Crippen LogP contribution is 2.35. The normalized spacial score (nSPS) is 11.6.